The lowest BCUT2D eigenvalue weighted by molar-refractivity contribution is 0.0695. The molecule has 0 fully saturated rings. The highest BCUT2D eigenvalue weighted by molar-refractivity contribution is 6.34. The van der Waals surface area contributed by atoms with Gasteiger partial charge in [-0.25, -0.2) is 9.78 Å². The van der Waals surface area contributed by atoms with Crippen LogP contribution in [0.25, 0.3) is 10.9 Å². The van der Waals surface area contributed by atoms with Crippen molar-refractivity contribution < 1.29 is 9.90 Å². The second-order valence-electron chi connectivity index (χ2n) is 3.98. The number of aromatic nitrogens is 1. The van der Waals surface area contributed by atoms with Gasteiger partial charge in [0.25, 0.3) is 0 Å². The second-order valence-corrected chi connectivity index (χ2v) is 4.75. The molecule has 3 nitrogen and oxygen atoms in total. The number of aromatic carboxylic acids is 1. The molecule has 94 valence electrons. The van der Waals surface area contributed by atoms with Crippen LogP contribution in [0.4, 0.5) is 0 Å². The molecule has 18 heavy (non-hydrogen) atoms. The molecule has 1 aromatic carbocycles. The van der Waals surface area contributed by atoms with E-state index in [-0.39, 0.29) is 10.7 Å². The Morgan fingerprint density at radius 2 is 2.06 bits per heavy atom. The molecule has 0 saturated carbocycles. The van der Waals surface area contributed by atoms with Gasteiger partial charge in [0.1, 0.15) is 10.7 Å². The monoisotopic (exact) mass is 283 g/mol. The lowest BCUT2D eigenvalue weighted by Gasteiger charge is -2.12. The fraction of sp³-hybridized carbons (Fsp3) is 0.231. The van der Waals surface area contributed by atoms with Crippen LogP contribution in [0.3, 0.4) is 0 Å². The van der Waals surface area contributed by atoms with Gasteiger partial charge in [-0.3, -0.25) is 0 Å². The van der Waals surface area contributed by atoms with E-state index >= 15 is 0 Å². The summed E-state index contributed by atoms with van der Waals surface area (Å²) in [5.41, 5.74) is 2.24. The third-order valence-electron chi connectivity index (χ3n) is 2.98. The molecule has 0 radical (unpaired) electrons. The van der Waals surface area contributed by atoms with Crippen molar-refractivity contribution in [2.75, 3.05) is 0 Å². The topological polar surface area (TPSA) is 50.2 Å². The third-order valence-corrected chi connectivity index (χ3v) is 3.66. The molecule has 0 bridgehead atoms. The number of benzene rings is 1. The van der Waals surface area contributed by atoms with Crippen LogP contribution in [0.15, 0.2) is 12.1 Å². The molecule has 0 atom stereocenters. The van der Waals surface area contributed by atoms with E-state index in [1.807, 2.05) is 13.8 Å². The van der Waals surface area contributed by atoms with Crippen molar-refractivity contribution in [2.45, 2.75) is 20.3 Å². The molecule has 0 saturated heterocycles. The fourth-order valence-corrected chi connectivity index (χ4v) is 2.49. The predicted molar refractivity (Wildman–Crippen MR) is 72.8 cm³/mol. The first kappa shape index (κ1) is 13.1. The van der Waals surface area contributed by atoms with Gasteiger partial charge in [-0.15, -0.1) is 0 Å². The summed E-state index contributed by atoms with van der Waals surface area (Å²) < 4.78 is 0. The maximum Gasteiger partial charge on any atom is 0.339 e. The van der Waals surface area contributed by atoms with Crippen LogP contribution < -0.4 is 0 Å². The fourth-order valence-electron chi connectivity index (χ4n) is 2.06. The van der Waals surface area contributed by atoms with Crippen LogP contribution in [0.5, 0.6) is 0 Å². The SMILES string of the molecule is CCc1c(C(=O)O)c(Cl)nc2c(C)c(Cl)ccc12. The van der Waals surface area contributed by atoms with E-state index in [1.54, 1.807) is 12.1 Å². The van der Waals surface area contributed by atoms with Crippen LogP contribution in [0, 0.1) is 6.92 Å². The van der Waals surface area contributed by atoms with E-state index in [1.165, 1.54) is 0 Å². The van der Waals surface area contributed by atoms with Crippen molar-refractivity contribution in [3.8, 4) is 0 Å². The molecule has 1 heterocycles. The van der Waals surface area contributed by atoms with Crippen molar-refractivity contribution in [3.05, 3.63) is 39.0 Å². The minimum absolute atomic E-state index is 0.0113. The average molecular weight is 284 g/mol. The van der Waals surface area contributed by atoms with Crippen molar-refractivity contribution in [1.82, 2.24) is 4.98 Å². The predicted octanol–water partition coefficient (Wildman–Crippen LogP) is 4.11. The molecule has 5 heteroatoms. The number of aryl methyl sites for hydroxylation is 2. The number of carbonyl (C=O) groups is 1. The molecule has 1 N–H and O–H groups in total. The number of carboxylic acids is 1. The van der Waals surface area contributed by atoms with Gasteiger partial charge in [-0.05, 0) is 30.5 Å². The van der Waals surface area contributed by atoms with E-state index in [0.717, 1.165) is 10.9 Å². The lowest BCUT2D eigenvalue weighted by Crippen LogP contribution is -2.06. The first-order valence-corrected chi connectivity index (χ1v) is 6.23. The van der Waals surface area contributed by atoms with Crippen molar-refractivity contribution in [1.29, 1.82) is 0 Å². The van der Waals surface area contributed by atoms with Gasteiger partial charge in [0.15, 0.2) is 0 Å². The van der Waals surface area contributed by atoms with Gasteiger partial charge in [0.2, 0.25) is 0 Å². The number of carboxylic acid groups (broad SMARTS) is 1. The van der Waals surface area contributed by atoms with Gasteiger partial charge < -0.3 is 5.11 Å². The normalized spacial score (nSPS) is 10.9. The number of nitrogens with zero attached hydrogens (tertiary/aromatic N) is 1. The van der Waals surface area contributed by atoms with E-state index in [0.29, 0.717) is 22.5 Å². The molecule has 2 rings (SSSR count). The van der Waals surface area contributed by atoms with Crippen molar-refractivity contribution in [3.63, 3.8) is 0 Å². The summed E-state index contributed by atoms with van der Waals surface area (Å²) in [5, 5.41) is 10.6. The Bertz CT molecular complexity index is 653. The maximum absolute atomic E-state index is 11.2. The summed E-state index contributed by atoms with van der Waals surface area (Å²) in [6.45, 7) is 3.73. The quantitative estimate of drug-likeness (QED) is 0.844. The summed E-state index contributed by atoms with van der Waals surface area (Å²) in [5.74, 6) is -1.06. The second kappa shape index (κ2) is 4.75. The highest BCUT2D eigenvalue weighted by atomic mass is 35.5. The number of rotatable bonds is 2. The Morgan fingerprint density at radius 1 is 1.39 bits per heavy atom. The standard InChI is InChI=1S/C13H11Cl2NO2/c1-3-7-8-4-5-9(14)6(2)11(8)16-12(15)10(7)13(17)18/h4-5H,3H2,1-2H3,(H,17,18). The molecule has 0 unspecified atom stereocenters. The van der Waals surface area contributed by atoms with E-state index in [4.69, 9.17) is 23.2 Å². The van der Waals surface area contributed by atoms with Crippen molar-refractivity contribution >= 4 is 40.1 Å². The van der Waals surface area contributed by atoms with E-state index < -0.39 is 5.97 Å². The van der Waals surface area contributed by atoms with E-state index in [2.05, 4.69) is 4.98 Å². The van der Waals surface area contributed by atoms with Gasteiger partial charge in [0.05, 0.1) is 5.52 Å². The number of hydrogen-bond donors (Lipinski definition) is 1. The van der Waals surface area contributed by atoms with E-state index in [9.17, 15) is 9.90 Å². The Balaban J connectivity index is 2.97. The van der Waals surface area contributed by atoms with Crippen molar-refractivity contribution in [2.24, 2.45) is 0 Å². The summed E-state index contributed by atoms with van der Waals surface area (Å²) >= 11 is 12.0. The first-order valence-electron chi connectivity index (χ1n) is 5.47. The molecule has 0 aliphatic carbocycles. The van der Waals surface area contributed by atoms with Crippen LogP contribution >= 0.6 is 23.2 Å². The summed E-state index contributed by atoms with van der Waals surface area (Å²) in [4.78, 5) is 15.4. The Labute approximate surface area is 114 Å². The molecule has 0 spiro atoms. The minimum Gasteiger partial charge on any atom is -0.478 e. The first-order chi connectivity index (χ1) is 8.47. The van der Waals surface area contributed by atoms with Crippen LogP contribution in [-0.2, 0) is 6.42 Å². The largest absolute Gasteiger partial charge is 0.478 e. The summed E-state index contributed by atoms with van der Waals surface area (Å²) in [7, 11) is 0. The summed E-state index contributed by atoms with van der Waals surface area (Å²) in [6.07, 6.45) is 0.571. The number of fused-ring (bicyclic) bond motifs is 1. The number of pyridine rings is 1. The lowest BCUT2D eigenvalue weighted by atomic mass is 9.99. The molecule has 0 aliphatic heterocycles. The number of hydrogen-bond acceptors (Lipinski definition) is 2. The Morgan fingerprint density at radius 3 is 2.61 bits per heavy atom. The zero-order chi connectivity index (χ0) is 13.4. The van der Waals surface area contributed by atoms with Gasteiger partial charge >= 0.3 is 5.97 Å². The zero-order valence-corrected chi connectivity index (χ0v) is 11.4. The molecule has 2 aromatic rings. The zero-order valence-electron chi connectivity index (χ0n) is 9.92. The summed E-state index contributed by atoms with van der Waals surface area (Å²) in [6, 6.07) is 3.54. The average Bonchev–Trinajstić information content (AvgIpc) is 2.32. The van der Waals surface area contributed by atoms with Crippen LogP contribution in [0.2, 0.25) is 10.2 Å². The molecular weight excluding hydrogens is 273 g/mol. The highest BCUT2D eigenvalue weighted by Gasteiger charge is 2.19. The van der Waals surface area contributed by atoms with Gasteiger partial charge in [-0.2, -0.15) is 0 Å². The maximum atomic E-state index is 11.2. The Kier molecular flexibility index (Phi) is 3.46. The van der Waals surface area contributed by atoms with Gasteiger partial charge in [0, 0.05) is 10.4 Å². The van der Waals surface area contributed by atoms with Crippen LogP contribution in [-0.4, -0.2) is 16.1 Å². The molecule has 0 amide bonds. The smallest absolute Gasteiger partial charge is 0.339 e. The molecular formula is C13H11Cl2NO2. The number of halogens is 2. The minimum atomic E-state index is -1.06. The van der Waals surface area contributed by atoms with Gasteiger partial charge in [-0.1, -0.05) is 36.2 Å². The Hall–Kier alpha value is -1.32. The van der Waals surface area contributed by atoms with Crippen LogP contribution in [0.1, 0.15) is 28.4 Å². The molecule has 1 aromatic heterocycles. The highest BCUT2D eigenvalue weighted by Crippen LogP contribution is 2.31. The molecule has 0 aliphatic rings. The third kappa shape index (κ3) is 1.93.